The van der Waals surface area contributed by atoms with Crippen molar-refractivity contribution in [2.24, 2.45) is 5.92 Å². The summed E-state index contributed by atoms with van der Waals surface area (Å²) in [6.45, 7) is 2.65. The van der Waals surface area contributed by atoms with E-state index in [1.165, 1.54) is 0 Å². The first-order valence-electron chi connectivity index (χ1n) is 4.73. The lowest BCUT2D eigenvalue weighted by Crippen LogP contribution is -2.57. The minimum absolute atomic E-state index is 0.00579. The number of hydrogen-bond acceptors (Lipinski definition) is 0. The summed E-state index contributed by atoms with van der Waals surface area (Å²) >= 11 is 5.49. The van der Waals surface area contributed by atoms with Crippen LogP contribution in [0.5, 0.6) is 0 Å². The van der Waals surface area contributed by atoms with E-state index in [2.05, 4.69) is 0 Å². The molecule has 1 nitrogen and oxygen atoms in total. The lowest BCUT2D eigenvalue weighted by molar-refractivity contribution is -0.827. The Balaban J connectivity index is 2.25. The highest BCUT2D eigenvalue weighted by atomic mass is 35.5. The van der Waals surface area contributed by atoms with Gasteiger partial charge in [0.1, 0.15) is 5.83 Å². The van der Waals surface area contributed by atoms with E-state index < -0.39 is 0 Å². The molecule has 0 N–H and O–H groups in total. The summed E-state index contributed by atoms with van der Waals surface area (Å²) in [7, 11) is 6.07. The Kier molecular flexibility index (Phi) is 2.41. The van der Waals surface area contributed by atoms with Crippen molar-refractivity contribution in [3.8, 4) is 0 Å². The molecule has 2 bridgehead atoms. The Labute approximate surface area is 84.6 Å². The van der Waals surface area contributed by atoms with E-state index in [9.17, 15) is 4.39 Å². The van der Waals surface area contributed by atoms with Gasteiger partial charge >= 0.3 is 0 Å². The smallest absolute Gasteiger partial charge is 0.120 e. The fourth-order valence-corrected chi connectivity index (χ4v) is 2.62. The monoisotopic (exact) mass is 200 g/mol. The van der Waals surface area contributed by atoms with Crippen LogP contribution in [0.3, 0.4) is 0 Å². The number of nitrogens with zero attached hydrogens (tertiary/aromatic N) is 1. The lowest BCUT2D eigenvalue weighted by Gasteiger charge is -2.59. The lowest BCUT2D eigenvalue weighted by atomic mass is 9.79. The Morgan fingerprint density at radius 1 is 1.54 bits per heavy atom. The van der Waals surface area contributed by atoms with Crippen molar-refractivity contribution in [1.82, 2.24) is 0 Å². The maximum atomic E-state index is 13.3. The van der Waals surface area contributed by atoms with Gasteiger partial charge in [-0.1, -0.05) is 0 Å². The van der Waals surface area contributed by atoms with Crippen molar-refractivity contribution in [3.63, 3.8) is 0 Å². The van der Waals surface area contributed by atoms with Gasteiger partial charge in [0.2, 0.25) is 0 Å². The van der Waals surface area contributed by atoms with Crippen molar-refractivity contribution in [2.75, 3.05) is 25.5 Å². The van der Waals surface area contributed by atoms with Gasteiger partial charge in [-0.15, -0.1) is 11.6 Å². The third-order valence-electron chi connectivity index (χ3n) is 3.29. The van der Waals surface area contributed by atoms with E-state index in [0.29, 0.717) is 16.9 Å². The van der Waals surface area contributed by atoms with E-state index in [4.69, 9.17) is 19.6 Å². The number of quaternary nitrogens is 1. The normalized spacial score (nSPS) is 42.2. The maximum absolute atomic E-state index is 13.3. The van der Waals surface area contributed by atoms with Gasteiger partial charge in [0.25, 0.3) is 0 Å². The molecule has 0 saturated carbocycles. The Morgan fingerprint density at radius 2 is 2.15 bits per heavy atom. The molecule has 0 aromatic rings. The fraction of sp³-hybridized carbons (Fsp3) is 0.778. The largest absolute Gasteiger partial charge is 0.584 e. The summed E-state index contributed by atoms with van der Waals surface area (Å²) < 4.78 is 13.9. The van der Waals surface area contributed by atoms with Crippen LogP contribution in [0.4, 0.5) is 4.39 Å². The molecule has 0 aromatic carbocycles. The molecular weight excluding hydrogens is 187 g/mol. The zero-order valence-corrected chi connectivity index (χ0v) is 8.36. The molecule has 0 unspecified atom stereocenters. The molecule has 0 aliphatic carbocycles. The number of rotatable bonds is 1. The zero-order valence-electron chi connectivity index (χ0n) is 7.60. The number of fused-ring (bicyclic) bond motifs is 3. The van der Waals surface area contributed by atoms with Gasteiger partial charge in [-0.25, -0.2) is 12.4 Å². The molecule has 3 heterocycles. The molecule has 13 heavy (non-hydrogen) atoms. The highest BCUT2D eigenvalue weighted by Gasteiger charge is 2.35. The molecule has 0 spiro atoms. The molecule has 71 valence electrons. The van der Waals surface area contributed by atoms with Crippen LogP contribution in [-0.4, -0.2) is 37.9 Å². The quantitative estimate of drug-likeness (QED) is 0.447. The van der Waals surface area contributed by atoms with E-state index in [0.717, 1.165) is 31.5 Å². The summed E-state index contributed by atoms with van der Waals surface area (Å²) in [5.41, 5.74) is 0.884. The molecule has 0 aromatic heterocycles. The molecule has 3 rings (SSSR count). The molecule has 4 heteroatoms. The predicted molar refractivity (Wildman–Crippen MR) is 52.2 cm³/mol. The van der Waals surface area contributed by atoms with E-state index in [1.807, 2.05) is 0 Å². The molecule has 3 radical (unpaired) electrons. The average molecular weight is 200 g/mol. The second kappa shape index (κ2) is 3.28. The molecule has 3 aliphatic heterocycles. The topological polar surface area (TPSA) is 0 Å². The molecule has 3 saturated heterocycles. The minimum atomic E-state index is -0.140. The van der Waals surface area contributed by atoms with Crippen molar-refractivity contribution >= 4 is 19.6 Å². The van der Waals surface area contributed by atoms with Gasteiger partial charge in [-0.05, 0) is 18.8 Å². The van der Waals surface area contributed by atoms with Crippen LogP contribution in [0.2, 0.25) is 0 Å². The Morgan fingerprint density at radius 3 is 2.62 bits per heavy atom. The standard InChI is InChI=1S/C9H13BClFN/c10-13-3-1-7(2-4-13)8(6-13)9(12)5-11/h7H,1-6H2/b9-8-. The van der Waals surface area contributed by atoms with Crippen LogP contribution in [0.25, 0.3) is 0 Å². The summed E-state index contributed by atoms with van der Waals surface area (Å²) in [6, 6.07) is 0. The van der Waals surface area contributed by atoms with E-state index in [1.54, 1.807) is 0 Å². The van der Waals surface area contributed by atoms with Crippen molar-refractivity contribution < 1.29 is 8.78 Å². The molecule has 3 fully saturated rings. The summed E-state index contributed by atoms with van der Waals surface area (Å²) in [5.74, 6) is 0.285. The van der Waals surface area contributed by atoms with Gasteiger partial charge in [0.05, 0.1) is 12.4 Å². The van der Waals surface area contributed by atoms with Crippen LogP contribution in [0.1, 0.15) is 12.8 Å². The highest BCUT2D eigenvalue weighted by Crippen LogP contribution is 2.37. The summed E-state index contributed by atoms with van der Waals surface area (Å²) in [4.78, 5) is 0. The van der Waals surface area contributed by atoms with E-state index >= 15 is 0 Å². The van der Waals surface area contributed by atoms with Crippen LogP contribution < -0.4 is 0 Å². The fourth-order valence-electron chi connectivity index (χ4n) is 2.45. The molecular formula is C9H13BClFN. The van der Waals surface area contributed by atoms with Crippen LogP contribution >= 0.6 is 11.6 Å². The summed E-state index contributed by atoms with van der Waals surface area (Å²) in [5, 5.41) is 0. The SMILES string of the molecule is [B-][N+]12CCC(CC1)/C(=C(\F)CCl)C2. The Bertz CT molecular complexity index is 246. The number of alkyl halides is 1. The molecule has 3 aliphatic rings. The number of hydrogen-bond donors (Lipinski definition) is 0. The van der Waals surface area contributed by atoms with Gasteiger partial charge in [0.15, 0.2) is 0 Å². The highest BCUT2D eigenvalue weighted by molar-refractivity contribution is 6.19. The minimum Gasteiger partial charge on any atom is -0.584 e. The first-order valence-corrected chi connectivity index (χ1v) is 5.26. The average Bonchev–Trinajstić information content (AvgIpc) is 2.16. The van der Waals surface area contributed by atoms with Crippen LogP contribution in [0, 0.1) is 5.92 Å². The van der Waals surface area contributed by atoms with E-state index in [-0.39, 0.29) is 11.7 Å². The zero-order chi connectivity index (χ0) is 9.47. The first-order chi connectivity index (χ1) is 6.14. The van der Waals surface area contributed by atoms with Gasteiger partial charge < -0.3 is 4.39 Å². The molecule has 0 atom stereocenters. The third-order valence-corrected chi connectivity index (χ3v) is 3.52. The van der Waals surface area contributed by atoms with Gasteiger partial charge in [-0.2, -0.15) is 0 Å². The Hall–Kier alpha value is -0.0151. The van der Waals surface area contributed by atoms with Crippen molar-refractivity contribution in [2.45, 2.75) is 12.8 Å². The van der Waals surface area contributed by atoms with Gasteiger partial charge in [0, 0.05) is 18.7 Å². The predicted octanol–water partition coefficient (Wildman–Crippen LogP) is 1.77. The van der Waals surface area contributed by atoms with Crippen LogP contribution in [0.15, 0.2) is 11.4 Å². The molecule has 0 amide bonds. The summed E-state index contributed by atoms with van der Waals surface area (Å²) in [6.07, 6.45) is 2.05. The van der Waals surface area contributed by atoms with Crippen molar-refractivity contribution in [3.05, 3.63) is 11.4 Å². The van der Waals surface area contributed by atoms with Crippen molar-refractivity contribution in [1.29, 1.82) is 0 Å². The second-order valence-electron chi connectivity index (χ2n) is 4.16. The van der Waals surface area contributed by atoms with Gasteiger partial charge in [-0.3, -0.25) is 0 Å². The maximum Gasteiger partial charge on any atom is 0.120 e. The number of piperidine rings is 3. The third kappa shape index (κ3) is 1.64. The first kappa shape index (κ1) is 9.54. The number of allylic oxidation sites excluding steroid dienone is 1. The van der Waals surface area contributed by atoms with Crippen LogP contribution in [-0.2, 0) is 0 Å². The second-order valence-corrected chi connectivity index (χ2v) is 4.43. The number of halogens is 2.